The van der Waals surface area contributed by atoms with E-state index >= 15 is 0 Å². The lowest BCUT2D eigenvalue weighted by molar-refractivity contribution is 0.406. The second-order valence-corrected chi connectivity index (χ2v) is 2.69. The molecule has 0 heterocycles. The van der Waals surface area contributed by atoms with Crippen molar-refractivity contribution < 1.29 is 13.5 Å². The van der Waals surface area contributed by atoms with Crippen LogP contribution in [0.15, 0.2) is 6.07 Å². The summed E-state index contributed by atoms with van der Waals surface area (Å²) in [7, 11) is 1.30. The van der Waals surface area contributed by atoms with Crippen LogP contribution in [0.1, 0.15) is 5.56 Å². The molecule has 0 radical (unpaired) electrons. The van der Waals surface area contributed by atoms with Gasteiger partial charge in [0.2, 0.25) is 0 Å². The highest BCUT2D eigenvalue weighted by molar-refractivity contribution is 6.32. The summed E-state index contributed by atoms with van der Waals surface area (Å²) in [6.07, 6.45) is 0. The van der Waals surface area contributed by atoms with Gasteiger partial charge in [0.25, 0.3) is 0 Å². The summed E-state index contributed by atoms with van der Waals surface area (Å²) in [5.41, 5.74) is -0.0965. The summed E-state index contributed by atoms with van der Waals surface area (Å²) in [6, 6.07) is 1.06. The van der Waals surface area contributed by atoms with Crippen molar-refractivity contribution in [3.8, 4) is 5.75 Å². The van der Waals surface area contributed by atoms with Gasteiger partial charge in [-0.1, -0.05) is 11.6 Å². The first kappa shape index (κ1) is 9.26. The molecular formula is C8H7ClF2O. The molecule has 0 aromatic heterocycles. The smallest absolute Gasteiger partial charge is 0.151 e. The molecule has 0 N–H and O–H groups in total. The van der Waals surface area contributed by atoms with Crippen molar-refractivity contribution in [1.29, 1.82) is 0 Å². The zero-order valence-electron chi connectivity index (χ0n) is 6.62. The summed E-state index contributed by atoms with van der Waals surface area (Å²) in [5, 5.41) is -0.184. The van der Waals surface area contributed by atoms with Crippen LogP contribution < -0.4 is 4.74 Å². The molecular weight excluding hydrogens is 186 g/mol. The van der Waals surface area contributed by atoms with Crippen molar-refractivity contribution in [3.05, 3.63) is 28.3 Å². The summed E-state index contributed by atoms with van der Waals surface area (Å²) in [6.45, 7) is 1.32. The van der Waals surface area contributed by atoms with Gasteiger partial charge in [0.05, 0.1) is 7.11 Å². The third-order valence-corrected chi connectivity index (χ3v) is 1.93. The molecule has 0 bridgehead atoms. The van der Waals surface area contributed by atoms with E-state index in [1.165, 1.54) is 14.0 Å². The second-order valence-electron chi connectivity index (χ2n) is 2.31. The Labute approximate surface area is 73.9 Å². The van der Waals surface area contributed by atoms with Gasteiger partial charge in [-0.2, -0.15) is 0 Å². The first-order valence-electron chi connectivity index (χ1n) is 3.26. The molecule has 0 aliphatic rings. The van der Waals surface area contributed by atoms with Crippen molar-refractivity contribution in [2.45, 2.75) is 6.92 Å². The van der Waals surface area contributed by atoms with Crippen molar-refractivity contribution in [2.24, 2.45) is 0 Å². The number of hydrogen-bond acceptors (Lipinski definition) is 1. The molecule has 0 fully saturated rings. The number of hydrogen-bond donors (Lipinski definition) is 0. The molecule has 1 aromatic carbocycles. The van der Waals surface area contributed by atoms with E-state index in [1.54, 1.807) is 0 Å². The SMILES string of the molecule is COc1cc(F)c(C)c(F)c1Cl. The van der Waals surface area contributed by atoms with Crippen LogP contribution in [0.3, 0.4) is 0 Å². The molecule has 1 aromatic rings. The fourth-order valence-corrected chi connectivity index (χ4v) is 1.09. The fourth-order valence-electron chi connectivity index (χ4n) is 0.813. The molecule has 4 heteroatoms. The highest BCUT2D eigenvalue weighted by Gasteiger charge is 2.13. The first-order chi connectivity index (χ1) is 5.57. The highest BCUT2D eigenvalue weighted by atomic mass is 35.5. The van der Waals surface area contributed by atoms with Crippen LogP contribution in [0.25, 0.3) is 0 Å². The third kappa shape index (κ3) is 1.37. The third-order valence-electron chi connectivity index (χ3n) is 1.57. The average molecular weight is 193 g/mol. The molecule has 0 aliphatic carbocycles. The molecule has 66 valence electrons. The monoisotopic (exact) mass is 192 g/mol. The Morgan fingerprint density at radius 1 is 1.42 bits per heavy atom. The Morgan fingerprint density at radius 2 is 2.00 bits per heavy atom. The van der Waals surface area contributed by atoms with Gasteiger partial charge in [0, 0.05) is 11.6 Å². The van der Waals surface area contributed by atoms with E-state index in [0.29, 0.717) is 0 Å². The maximum atomic E-state index is 13.0. The molecule has 1 nitrogen and oxygen atoms in total. The van der Waals surface area contributed by atoms with Crippen molar-refractivity contribution >= 4 is 11.6 Å². The molecule has 0 unspecified atom stereocenters. The van der Waals surface area contributed by atoms with Gasteiger partial charge in [-0.3, -0.25) is 0 Å². The number of ether oxygens (including phenoxy) is 1. The van der Waals surface area contributed by atoms with Gasteiger partial charge < -0.3 is 4.74 Å². The van der Waals surface area contributed by atoms with Crippen molar-refractivity contribution in [2.75, 3.05) is 7.11 Å². The Kier molecular flexibility index (Phi) is 2.52. The maximum absolute atomic E-state index is 13.0. The highest BCUT2D eigenvalue weighted by Crippen LogP contribution is 2.30. The van der Waals surface area contributed by atoms with Crippen LogP contribution in [0.5, 0.6) is 5.75 Å². The Bertz CT molecular complexity index is 312. The lowest BCUT2D eigenvalue weighted by Crippen LogP contribution is -1.94. The summed E-state index contributed by atoms with van der Waals surface area (Å²) in [5.74, 6) is -1.42. The van der Waals surface area contributed by atoms with Gasteiger partial charge in [-0.25, -0.2) is 8.78 Å². The van der Waals surface area contributed by atoms with Crippen molar-refractivity contribution in [3.63, 3.8) is 0 Å². The predicted octanol–water partition coefficient (Wildman–Crippen LogP) is 2.94. The van der Waals surface area contributed by atoms with Gasteiger partial charge in [0.1, 0.15) is 16.6 Å². The first-order valence-corrected chi connectivity index (χ1v) is 3.63. The number of rotatable bonds is 1. The van der Waals surface area contributed by atoms with Gasteiger partial charge >= 0.3 is 0 Å². The normalized spacial score (nSPS) is 10.1. The number of benzene rings is 1. The Hall–Kier alpha value is -0.830. The van der Waals surface area contributed by atoms with E-state index in [0.717, 1.165) is 6.07 Å². The molecule has 0 saturated carbocycles. The molecule has 1 rings (SSSR count). The molecule has 0 spiro atoms. The van der Waals surface area contributed by atoms with Crippen LogP contribution in [-0.2, 0) is 0 Å². The van der Waals surface area contributed by atoms with Crippen molar-refractivity contribution in [1.82, 2.24) is 0 Å². The minimum Gasteiger partial charge on any atom is -0.495 e. The average Bonchev–Trinajstić information content (AvgIpc) is 2.08. The predicted molar refractivity (Wildman–Crippen MR) is 42.7 cm³/mol. The number of methoxy groups -OCH3 is 1. The summed E-state index contributed by atoms with van der Waals surface area (Å²) >= 11 is 5.50. The maximum Gasteiger partial charge on any atom is 0.151 e. The largest absolute Gasteiger partial charge is 0.495 e. The number of halogens is 3. The van der Waals surface area contributed by atoms with E-state index in [1.807, 2.05) is 0 Å². The summed E-state index contributed by atoms with van der Waals surface area (Å²) in [4.78, 5) is 0. The lowest BCUT2D eigenvalue weighted by atomic mass is 10.2. The molecule has 0 atom stereocenters. The topological polar surface area (TPSA) is 9.23 Å². The van der Waals surface area contributed by atoms with Crippen LogP contribution in [-0.4, -0.2) is 7.11 Å². The zero-order chi connectivity index (χ0) is 9.30. The standard InChI is InChI=1S/C8H7ClF2O/c1-4-5(10)3-6(12-2)7(9)8(4)11/h3H,1-2H3. The molecule has 12 heavy (non-hydrogen) atoms. The zero-order valence-corrected chi connectivity index (χ0v) is 7.38. The van der Waals surface area contributed by atoms with E-state index in [9.17, 15) is 8.78 Å². The molecule has 0 amide bonds. The molecule has 0 saturated heterocycles. The molecule has 0 aliphatic heterocycles. The van der Waals surface area contributed by atoms with Gasteiger partial charge in [-0.05, 0) is 6.92 Å². The van der Waals surface area contributed by atoms with Crippen LogP contribution in [0.4, 0.5) is 8.78 Å². The van der Waals surface area contributed by atoms with E-state index in [4.69, 9.17) is 11.6 Å². The Morgan fingerprint density at radius 3 is 2.50 bits per heavy atom. The summed E-state index contributed by atoms with van der Waals surface area (Å²) < 4.78 is 30.5. The minimum atomic E-state index is -0.770. The van der Waals surface area contributed by atoms with Gasteiger partial charge in [-0.15, -0.1) is 0 Å². The fraction of sp³-hybridized carbons (Fsp3) is 0.250. The minimum absolute atomic E-state index is 0.0114. The van der Waals surface area contributed by atoms with Crippen LogP contribution in [0, 0.1) is 18.6 Å². The second kappa shape index (κ2) is 3.27. The van der Waals surface area contributed by atoms with E-state index in [2.05, 4.69) is 4.74 Å². The van der Waals surface area contributed by atoms with E-state index in [-0.39, 0.29) is 16.3 Å². The quantitative estimate of drug-likeness (QED) is 0.622. The van der Waals surface area contributed by atoms with Crippen LogP contribution in [0.2, 0.25) is 5.02 Å². The van der Waals surface area contributed by atoms with Crippen LogP contribution >= 0.6 is 11.6 Å². The Balaban J connectivity index is 3.39. The lowest BCUT2D eigenvalue weighted by Gasteiger charge is -2.06. The van der Waals surface area contributed by atoms with E-state index < -0.39 is 11.6 Å². The van der Waals surface area contributed by atoms with Gasteiger partial charge in [0.15, 0.2) is 5.82 Å².